The van der Waals surface area contributed by atoms with Gasteiger partial charge in [-0.15, -0.1) is 0 Å². The van der Waals surface area contributed by atoms with E-state index in [0.29, 0.717) is 11.6 Å². The standard InChI is InChI=1S/C16H16IN3O2S/c1-10-3-5-13(7-11(10)2)22-9-15(21)20-16(23)19-14-6-4-12(17)8-18-14/h3-8H,9H2,1-2H3,(H2,18,19,20,21,23). The van der Waals surface area contributed by atoms with Crippen molar-refractivity contribution in [1.29, 1.82) is 0 Å². The third-order valence-corrected chi connectivity index (χ3v) is 3.91. The third-order valence-electron chi connectivity index (χ3n) is 3.07. The first kappa shape index (κ1) is 17.6. The molecule has 0 fully saturated rings. The predicted octanol–water partition coefficient (Wildman–Crippen LogP) is 3.20. The van der Waals surface area contributed by atoms with E-state index in [-0.39, 0.29) is 17.6 Å². The molecule has 0 bridgehead atoms. The zero-order valence-electron chi connectivity index (χ0n) is 12.7. The van der Waals surface area contributed by atoms with Crippen molar-refractivity contribution in [3.05, 3.63) is 51.2 Å². The van der Waals surface area contributed by atoms with E-state index in [2.05, 4.69) is 38.2 Å². The van der Waals surface area contributed by atoms with Crippen molar-refractivity contribution < 1.29 is 9.53 Å². The summed E-state index contributed by atoms with van der Waals surface area (Å²) in [5, 5.41) is 5.59. The fourth-order valence-corrected chi connectivity index (χ4v) is 2.25. The van der Waals surface area contributed by atoms with Crippen molar-refractivity contribution in [2.75, 3.05) is 11.9 Å². The van der Waals surface area contributed by atoms with Crippen LogP contribution < -0.4 is 15.4 Å². The summed E-state index contributed by atoms with van der Waals surface area (Å²) in [6, 6.07) is 9.36. The molecule has 0 saturated heterocycles. The highest BCUT2D eigenvalue weighted by molar-refractivity contribution is 14.1. The highest BCUT2D eigenvalue weighted by Crippen LogP contribution is 2.16. The summed E-state index contributed by atoms with van der Waals surface area (Å²) in [5.41, 5.74) is 2.29. The normalized spacial score (nSPS) is 10.0. The number of pyridine rings is 1. The second kappa shape index (κ2) is 8.21. The maximum atomic E-state index is 11.8. The fourth-order valence-electron chi connectivity index (χ4n) is 1.71. The van der Waals surface area contributed by atoms with Crippen LogP contribution in [0.25, 0.3) is 0 Å². The molecule has 1 aromatic carbocycles. The van der Waals surface area contributed by atoms with E-state index in [1.54, 1.807) is 12.3 Å². The van der Waals surface area contributed by atoms with Crippen LogP contribution in [-0.4, -0.2) is 22.6 Å². The molecule has 2 rings (SSSR count). The Kier molecular flexibility index (Phi) is 6.28. The van der Waals surface area contributed by atoms with E-state index >= 15 is 0 Å². The number of aromatic nitrogens is 1. The fraction of sp³-hybridized carbons (Fsp3) is 0.188. The van der Waals surface area contributed by atoms with Crippen molar-refractivity contribution in [1.82, 2.24) is 10.3 Å². The molecule has 0 aliphatic carbocycles. The lowest BCUT2D eigenvalue weighted by Crippen LogP contribution is -2.37. The number of nitrogens with one attached hydrogen (secondary N) is 2. The quantitative estimate of drug-likeness (QED) is 0.564. The van der Waals surface area contributed by atoms with Gasteiger partial charge in [0.15, 0.2) is 11.7 Å². The van der Waals surface area contributed by atoms with Gasteiger partial charge in [-0.05, 0) is 84.0 Å². The Morgan fingerprint density at radius 1 is 1.26 bits per heavy atom. The van der Waals surface area contributed by atoms with Gasteiger partial charge in [-0.25, -0.2) is 4.98 Å². The lowest BCUT2D eigenvalue weighted by atomic mass is 10.1. The summed E-state index contributed by atoms with van der Waals surface area (Å²) in [6.45, 7) is 3.91. The molecule has 120 valence electrons. The number of ether oxygens (including phenoxy) is 1. The highest BCUT2D eigenvalue weighted by Gasteiger charge is 2.07. The molecule has 7 heteroatoms. The lowest BCUT2D eigenvalue weighted by Gasteiger charge is -2.10. The molecule has 5 nitrogen and oxygen atoms in total. The van der Waals surface area contributed by atoms with Crippen LogP contribution in [0.15, 0.2) is 36.5 Å². The second-order valence-electron chi connectivity index (χ2n) is 4.90. The molecule has 0 unspecified atom stereocenters. The van der Waals surface area contributed by atoms with Gasteiger partial charge in [-0.1, -0.05) is 6.07 Å². The first-order valence-corrected chi connectivity index (χ1v) is 8.35. The number of amides is 1. The van der Waals surface area contributed by atoms with Crippen molar-refractivity contribution in [2.45, 2.75) is 13.8 Å². The maximum Gasteiger partial charge on any atom is 0.264 e. The van der Waals surface area contributed by atoms with Gasteiger partial charge in [-0.2, -0.15) is 0 Å². The van der Waals surface area contributed by atoms with Crippen molar-refractivity contribution in [3.8, 4) is 5.75 Å². The minimum atomic E-state index is -0.328. The molecule has 2 N–H and O–H groups in total. The number of benzene rings is 1. The van der Waals surface area contributed by atoms with Gasteiger partial charge in [0.05, 0.1) is 0 Å². The van der Waals surface area contributed by atoms with E-state index in [1.165, 1.54) is 5.56 Å². The Hall–Kier alpha value is -1.74. The number of carbonyl (C=O) groups is 1. The number of aryl methyl sites for hydroxylation is 2. The number of rotatable bonds is 4. The smallest absolute Gasteiger partial charge is 0.264 e. The molecule has 0 aliphatic rings. The Bertz CT molecular complexity index is 720. The molecule has 1 aromatic heterocycles. The van der Waals surface area contributed by atoms with Gasteiger partial charge in [-0.3, -0.25) is 10.1 Å². The van der Waals surface area contributed by atoms with Crippen LogP contribution in [0.3, 0.4) is 0 Å². The molecule has 1 heterocycles. The van der Waals surface area contributed by atoms with E-state index in [4.69, 9.17) is 17.0 Å². The van der Waals surface area contributed by atoms with Crippen LogP contribution in [-0.2, 0) is 4.79 Å². The number of hydrogen-bond acceptors (Lipinski definition) is 4. The minimum Gasteiger partial charge on any atom is -0.484 e. The lowest BCUT2D eigenvalue weighted by molar-refractivity contribution is -0.121. The van der Waals surface area contributed by atoms with Gasteiger partial charge in [0, 0.05) is 9.77 Å². The third kappa shape index (κ3) is 5.76. The van der Waals surface area contributed by atoms with Crippen molar-refractivity contribution in [3.63, 3.8) is 0 Å². The molecule has 1 amide bonds. The Morgan fingerprint density at radius 3 is 2.70 bits per heavy atom. The molecular formula is C16H16IN3O2S. The molecule has 0 atom stereocenters. The molecule has 0 spiro atoms. The topological polar surface area (TPSA) is 63.2 Å². The van der Waals surface area contributed by atoms with Crippen LogP contribution >= 0.6 is 34.8 Å². The summed E-state index contributed by atoms with van der Waals surface area (Å²) in [4.78, 5) is 16.0. The predicted molar refractivity (Wildman–Crippen MR) is 103 cm³/mol. The average molecular weight is 441 g/mol. The van der Waals surface area contributed by atoms with Gasteiger partial charge in [0.1, 0.15) is 11.6 Å². The highest BCUT2D eigenvalue weighted by atomic mass is 127. The summed E-state index contributed by atoms with van der Waals surface area (Å²) >= 11 is 7.23. The van der Waals surface area contributed by atoms with Gasteiger partial charge < -0.3 is 10.1 Å². The number of hydrogen-bond donors (Lipinski definition) is 2. The first-order valence-electron chi connectivity index (χ1n) is 6.86. The molecule has 2 aromatic rings. The number of anilines is 1. The molecule has 0 saturated carbocycles. The molecular weight excluding hydrogens is 425 g/mol. The van der Waals surface area contributed by atoms with Crippen LogP contribution in [0, 0.1) is 17.4 Å². The Labute approximate surface area is 154 Å². The Balaban J connectivity index is 1.80. The summed E-state index contributed by atoms with van der Waals surface area (Å²) in [6.07, 6.45) is 1.70. The maximum absolute atomic E-state index is 11.8. The molecule has 0 aliphatic heterocycles. The van der Waals surface area contributed by atoms with Gasteiger partial charge >= 0.3 is 0 Å². The summed E-state index contributed by atoms with van der Waals surface area (Å²) < 4.78 is 6.47. The molecule has 23 heavy (non-hydrogen) atoms. The van der Waals surface area contributed by atoms with Crippen molar-refractivity contribution >= 4 is 51.6 Å². The monoisotopic (exact) mass is 441 g/mol. The van der Waals surface area contributed by atoms with Crippen LogP contribution in [0.5, 0.6) is 5.75 Å². The summed E-state index contributed by atoms with van der Waals surface area (Å²) in [7, 11) is 0. The van der Waals surface area contributed by atoms with E-state index in [0.717, 1.165) is 9.13 Å². The van der Waals surface area contributed by atoms with Crippen LogP contribution in [0.2, 0.25) is 0 Å². The number of carbonyl (C=O) groups excluding carboxylic acids is 1. The van der Waals surface area contributed by atoms with Crippen LogP contribution in [0.4, 0.5) is 5.82 Å². The van der Waals surface area contributed by atoms with E-state index in [9.17, 15) is 4.79 Å². The SMILES string of the molecule is Cc1ccc(OCC(=O)NC(=S)Nc2ccc(I)cn2)cc1C. The number of nitrogens with zero attached hydrogens (tertiary/aromatic N) is 1. The zero-order chi connectivity index (χ0) is 16.8. The van der Waals surface area contributed by atoms with Crippen LogP contribution in [0.1, 0.15) is 11.1 Å². The second-order valence-corrected chi connectivity index (χ2v) is 6.55. The summed E-state index contributed by atoms with van der Waals surface area (Å²) in [5.74, 6) is 0.901. The average Bonchev–Trinajstić information content (AvgIpc) is 2.51. The zero-order valence-corrected chi connectivity index (χ0v) is 15.7. The number of halogens is 1. The minimum absolute atomic E-state index is 0.107. The number of thiocarbonyl (C=S) groups is 1. The van der Waals surface area contributed by atoms with Crippen molar-refractivity contribution in [2.24, 2.45) is 0 Å². The first-order chi connectivity index (χ1) is 10.9. The van der Waals surface area contributed by atoms with Gasteiger partial charge in [0.2, 0.25) is 0 Å². The van der Waals surface area contributed by atoms with Gasteiger partial charge in [0.25, 0.3) is 5.91 Å². The van der Waals surface area contributed by atoms with E-state index < -0.39 is 0 Å². The van der Waals surface area contributed by atoms with E-state index in [1.807, 2.05) is 38.1 Å². The molecule has 0 radical (unpaired) electrons. The Morgan fingerprint density at radius 2 is 2.04 bits per heavy atom. The largest absolute Gasteiger partial charge is 0.484 e.